The van der Waals surface area contributed by atoms with E-state index < -0.39 is 0 Å². The van der Waals surface area contributed by atoms with Crippen LogP contribution in [0.15, 0.2) is 36.4 Å². The van der Waals surface area contributed by atoms with Gasteiger partial charge in [0.15, 0.2) is 0 Å². The number of hydrogen-bond acceptors (Lipinski definition) is 3. The molecule has 1 saturated heterocycles. The van der Waals surface area contributed by atoms with Crippen molar-refractivity contribution in [3.63, 3.8) is 0 Å². The fraction of sp³-hybridized carbons (Fsp3) is 0.286. The van der Waals surface area contributed by atoms with E-state index in [1.54, 1.807) is 18.2 Å². The molecule has 2 aromatic carbocycles. The Balaban J connectivity index is 1.62. The molecule has 2 heterocycles. The minimum Gasteiger partial charge on any atom is -0.493 e. The summed E-state index contributed by atoms with van der Waals surface area (Å²) in [4.78, 5) is 12.4. The van der Waals surface area contributed by atoms with Gasteiger partial charge in [-0.25, -0.2) is 0 Å². The first kappa shape index (κ1) is 18.4. The second-order valence-corrected chi connectivity index (χ2v) is 7.62. The predicted octanol–water partition coefficient (Wildman–Crippen LogP) is 5.29. The zero-order valence-electron chi connectivity index (χ0n) is 14.6. The molecule has 0 saturated carbocycles. The van der Waals surface area contributed by atoms with Gasteiger partial charge >= 0.3 is 0 Å². The first-order valence-electron chi connectivity index (χ1n) is 8.93. The minimum atomic E-state index is -0.164. The normalized spacial score (nSPS) is 18.4. The Morgan fingerprint density at radius 3 is 2.67 bits per heavy atom. The van der Waals surface area contributed by atoms with E-state index in [1.807, 2.05) is 24.3 Å². The van der Waals surface area contributed by atoms with Crippen molar-refractivity contribution in [1.82, 2.24) is 0 Å². The highest BCUT2D eigenvalue weighted by Crippen LogP contribution is 2.36. The van der Waals surface area contributed by atoms with E-state index in [1.165, 1.54) is 0 Å². The molecule has 0 atom stereocenters. The molecule has 27 heavy (non-hydrogen) atoms. The van der Waals surface area contributed by atoms with E-state index in [9.17, 15) is 4.79 Å². The molecule has 0 radical (unpaired) electrons. The van der Waals surface area contributed by atoms with Crippen LogP contribution < -0.4 is 10.1 Å². The molecule has 6 heteroatoms. The topological polar surface area (TPSA) is 47.6 Å². The van der Waals surface area contributed by atoms with Crippen molar-refractivity contribution in [2.45, 2.75) is 12.8 Å². The maximum atomic E-state index is 12.4. The number of carbonyl (C=O) groups is 1. The van der Waals surface area contributed by atoms with Crippen molar-refractivity contribution < 1.29 is 14.3 Å². The maximum absolute atomic E-state index is 12.4. The van der Waals surface area contributed by atoms with Crippen molar-refractivity contribution in [1.29, 1.82) is 0 Å². The second-order valence-electron chi connectivity index (χ2n) is 6.75. The van der Waals surface area contributed by atoms with Crippen molar-refractivity contribution in [3.8, 4) is 5.75 Å². The minimum absolute atomic E-state index is 0.164. The van der Waals surface area contributed by atoms with Gasteiger partial charge in [0.25, 0.3) is 5.91 Å². The lowest BCUT2D eigenvalue weighted by Crippen LogP contribution is -2.21. The van der Waals surface area contributed by atoms with Crippen LogP contribution in [0.2, 0.25) is 10.0 Å². The van der Waals surface area contributed by atoms with Crippen LogP contribution in [0, 0.1) is 5.92 Å². The van der Waals surface area contributed by atoms with Crippen molar-refractivity contribution in [2.75, 3.05) is 25.1 Å². The lowest BCUT2D eigenvalue weighted by atomic mass is 10.0. The monoisotopic (exact) mass is 403 g/mol. The van der Waals surface area contributed by atoms with E-state index in [0.717, 1.165) is 37.2 Å². The van der Waals surface area contributed by atoms with Crippen LogP contribution in [-0.4, -0.2) is 25.7 Å². The molecule has 4 nitrogen and oxygen atoms in total. The molecule has 1 N–H and O–H groups in total. The molecule has 2 aliphatic rings. The third-order valence-corrected chi connectivity index (χ3v) is 5.32. The highest BCUT2D eigenvalue weighted by Gasteiger charge is 2.25. The van der Waals surface area contributed by atoms with Gasteiger partial charge < -0.3 is 14.8 Å². The van der Waals surface area contributed by atoms with Gasteiger partial charge in [0.05, 0.1) is 12.3 Å². The summed E-state index contributed by atoms with van der Waals surface area (Å²) in [7, 11) is 0. The van der Waals surface area contributed by atoms with Gasteiger partial charge in [-0.1, -0.05) is 29.3 Å². The van der Waals surface area contributed by atoms with Crippen molar-refractivity contribution in [3.05, 3.63) is 57.6 Å². The zero-order chi connectivity index (χ0) is 18.8. The van der Waals surface area contributed by atoms with Crippen molar-refractivity contribution >= 4 is 46.4 Å². The Morgan fingerprint density at radius 1 is 1.11 bits per heavy atom. The predicted molar refractivity (Wildman–Crippen MR) is 108 cm³/mol. The first-order valence-corrected chi connectivity index (χ1v) is 9.69. The summed E-state index contributed by atoms with van der Waals surface area (Å²) in [6, 6.07) is 10.8. The number of anilines is 1. The van der Waals surface area contributed by atoms with E-state index in [0.29, 0.717) is 39.6 Å². The molecule has 2 aromatic rings. The van der Waals surface area contributed by atoms with Crippen molar-refractivity contribution in [2.24, 2.45) is 5.92 Å². The molecule has 0 spiro atoms. The highest BCUT2D eigenvalue weighted by atomic mass is 35.5. The van der Waals surface area contributed by atoms with Gasteiger partial charge in [0.2, 0.25) is 0 Å². The smallest absolute Gasteiger partial charge is 0.256 e. The Kier molecular flexibility index (Phi) is 5.39. The second kappa shape index (κ2) is 7.93. The number of hydrogen-bond donors (Lipinski definition) is 1. The van der Waals surface area contributed by atoms with E-state index >= 15 is 0 Å². The molecule has 0 bridgehead atoms. The fourth-order valence-electron chi connectivity index (χ4n) is 3.35. The van der Waals surface area contributed by atoms with Gasteiger partial charge in [-0.15, -0.1) is 0 Å². The van der Waals surface area contributed by atoms with E-state index in [4.69, 9.17) is 32.7 Å². The summed E-state index contributed by atoms with van der Waals surface area (Å²) >= 11 is 12.2. The molecule has 2 aliphatic heterocycles. The highest BCUT2D eigenvalue weighted by molar-refractivity contribution is 6.37. The molecule has 0 unspecified atom stereocenters. The molecular formula is C21H19Cl2NO3. The third kappa shape index (κ3) is 4.13. The van der Waals surface area contributed by atoms with Gasteiger partial charge in [0.1, 0.15) is 5.75 Å². The standard InChI is InChI=1S/C21H19Cl2NO3/c22-15-2-4-20(27-12-13-5-7-26-8-6-13)14(9-15)10-18-17-3-1-16(23)11-19(17)24-21(18)25/h1-4,9-11,13H,5-8,12H2,(H,24,25)/b18-10-. The first-order chi connectivity index (χ1) is 13.1. The van der Waals surface area contributed by atoms with Crippen LogP contribution in [0.25, 0.3) is 11.6 Å². The number of carbonyl (C=O) groups excluding carboxylic acids is 1. The SMILES string of the molecule is O=C1Nc2cc(Cl)ccc2/C1=C/c1cc(Cl)ccc1OCC1CCOCC1. The molecule has 0 aliphatic carbocycles. The Labute approximate surface area is 168 Å². The quantitative estimate of drug-likeness (QED) is 0.705. The average Bonchev–Trinajstić information content (AvgIpc) is 2.96. The van der Waals surface area contributed by atoms with Crippen LogP contribution in [0.4, 0.5) is 5.69 Å². The van der Waals surface area contributed by atoms with Crippen LogP contribution >= 0.6 is 23.2 Å². The number of nitrogens with one attached hydrogen (secondary N) is 1. The van der Waals surface area contributed by atoms with E-state index in [-0.39, 0.29) is 5.91 Å². The summed E-state index contributed by atoms with van der Waals surface area (Å²) in [5, 5.41) is 4.02. The molecule has 1 fully saturated rings. The number of amides is 1. The summed E-state index contributed by atoms with van der Waals surface area (Å²) < 4.78 is 11.5. The number of ether oxygens (including phenoxy) is 2. The average molecular weight is 404 g/mol. The number of fused-ring (bicyclic) bond motifs is 1. The lowest BCUT2D eigenvalue weighted by molar-refractivity contribution is -0.110. The number of benzene rings is 2. The largest absolute Gasteiger partial charge is 0.493 e. The summed E-state index contributed by atoms with van der Waals surface area (Å²) in [5.41, 5.74) is 2.88. The third-order valence-electron chi connectivity index (χ3n) is 4.85. The fourth-order valence-corrected chi connectivity index (χ4v) is 3.70. The molecule has 140 valence electrons. The Morgan fingerprint density at radius 2 is 1.85 bits per heavy atom. The molecule has 0 aromatic heterocycles. The van der Waals surface area contributed by atoms with Crippen LogP contribution in [0.1, 0.15) is 24.0 Å². The molecule has 4 rings (SSSR count). The zero-order valence-corrected chi connectivity index (χ0v) is 16.1. The molecule has 1 amide bonds. The Bertz CT molecular complexity index is 904. The van der Waals surface area contributed by atoms with Gasteiger partial charge in [-0.3, -0.25) is 4.79 Å². The van der Waals surface area contributed by atoms with Crippen LogP contribution in [-0.2, 0) is 9.53 Å². The number of rotatable bonds is 4. The summed E-state index contributed by atoms with van der Waals surface area (Å²) in [6.07, 6.45) is 3.82. The maximum Gasteiger partial charge on any atom is 0.256 e. The number of halogens is 2. The van der Waals surface area contributed by atoms with Crippen LogP contribution in [0.5, 0.6) is 5.75 Å². The van der Waals surface area contributed by atoms with Crippen LogP contribution in [0.3, 0.4) is 0 Å². The Hall–Kier alpha value is -2.01. The van der Waals surface area contributed by atoms with Gasteiger partial charge in [-0.2, -0.15) is 0 Å². The lowest BCUT2D eigenvalue weighted by Gasteiger charge is -2.22. The summed E-state index contributed by atoms with van der Waals surface area (Å²) in [6.45, 7) is 2.19. The molecular weight excluding hydrogens is 385 g/mol. The summed E-state index contributed by atoms with van der Waals surface area (Å²) in [5.74, 6) is 1.03. The van der Waals surface area contributed by atoms with Gasteiger partial charge in [-0.05, 0) is 55.2 Å². The van der Waals surface area contributed by atoms with E-state index in [2.05, 4.69) is 5.32 Å². The van der Waals surface area contributed by atoms with Gasteiger partial charge in [0, 0.05) is 40.0 Å².